The predicted octanol–water partition coefficient (Wildman–Crippen LogP) is 3.15. The fourth-order valence-corrected chi connectivity index (χ4v) is 3.56. The maximum atomic E-state index is 12.8. The van der Waals surface area contributed by atoms with Crippen molar-refractivity contribution < 1.29 is 23.8 Å². The number of ether oxygens (including phenoxy) is 3. The van der Waals surface area contributed by atoms with Gasteiger partial charge in [-0.3, -0.25) is 9.59 Å². The van der Waals surface area contributed by atoms with E-state index < -0.39 is 0 Å². The first-order chi connectivity index (χ1) is 15.0. The molecule has 0 spiro atoms. The van der Waals surface area contributed by atoms with E-state index in [4.69, 9.17) is 14.2 Å². The van der Waals surface area contributed by atoms with Gasteiger partial charge in [-0.2, -0.15) is 0 Å². The number of carbonyl (C=O) groups is 2. The van der Waals surface area contributed by atoms with Gasteiger partial charge in [-0.25, -0.2) is 0 Å². The highest BCUT2D eigenvalue weighted by molar-refractivity contribution is 5.96. The Balaban J connectivity index is 1.56. The lowest BCUT2D eigenvalue weighted by Gasteiger charge is -2.31. The lowest BCUT2D eigenvalue weighted by Crippen LogP contribution is -2.46. The van der Waals surface area contributed by atoms with Gasteiger partial charge in [-0.15, -0.1) is 0 Å². The van der Waals surface area contributed by atoms with E-state index in [0.29, 0.717) is 48.7 Å². The van der Waals surface area contributed by atoms with Crippen molar-refractivity contribution >= 4 is 17.9 Å². The molecule has 0 radical (unpaired) electrons. The van der Waals surface area contributed by atoms with Gasteiger partial charge < -0.3 is 24.4 Å². The van der Waals surface area contributed by atoms with E-state index in [9.17, 15) is 9.59 Å². The van der Waals surface area contributed by atoms with Crippen LogP contribution in [0.4, 0.5) is 0 Å². The number of methoxy groups -OCH3 is 3. The van der Waals surface area contributed by atoms with E-state index >= 15 is 0 Å². The third-order valence-electron chi connectivity index (χ3n) is 5.29. The van der Waals surface area contributed by atoms with Crippen LogP contribution in [0, 0.1) is 0 Å². The van der Waals surface area contributed by atoms with Crippen LogP contribution in [0.2, 0.25) is 0 Å². The van der Waals surface area contributed by atoms with Gasteiger partial charge in [0.15, 0.2) is 11.5 Å². The van der Waals surface area contributed by atoms with Crippen LogP contribution in [0.25, 0.3) is 6.08 Å². The Morgan fingerprint density at radius 1 is 0.968 bits per heavy atom. The summed E-state index contributed by atoms with van der Waals surface area (Å²) in [5.74, 6) is 1.07. The summed E-state index contributed by atoms with van der Waals surface area (Å²) in [6.45, 7) is 1.19. The van der Waals surface area contributed by atoms with Crippen LogP contribution in [0.1, 0.15) is 28.8 Å². The zero-order valence-corrected chi connectivity index (χ0v) is 18.1. The molecule has 164 valence electrons. The number of likely N-dealkylation sites (tertiary alicyclic amines) is 1. The topological polar surface area (TPSA) is 77.1 Å². The molecule has 2 aromatic carbocycles. The first-order valence-electron chi connectivity index (χ1n) is 10.2. The second kappa shape index (κ2) is 10.5. The lowest BCUT2D eigenvalue weighted by molar-refractivity contribution is -0.126. The number of hydrogen-bond acceptors (Lipinski definition) is 5. The van der Waals surface area contributed by atoms with Gasteiger partial charge >= 0.3 is 0 Å². The van der Waals surface area contributed by atoms with Crippen molar-refractivity contribution in [2.45, 2.75) is 18.9 Å². The number of rotatable bonds is 7. The van der Waals surface area contributed by atoms with Crippen molar-refractivity contribution in [1.29, 1.82) is 0 Å². The minimum absolute atomic E-state index is 0.00579. The maximum absolute atomic E-state index is 12.8. The standard InChI is InChI=1S/C24H28N2O5/c1-29-20-15-18(16-21(30-2)23(20)31-3)24(28)25-19-11-13-26(14-12-19)22(27)10-9-17-7-5-4-6-8-17/h4-10,15-16,19H,11-14H2,1-3H3,(H,25,28)/b10-9+. The second-order valence-corrected chi connectivity index (χ2v) is 7.23. The molecular weight excluding hydrogens is 396 g/mol. The molecular formula is C24H28N2O5. The van der Waals surface area contributed by atoms with Gasteiger partial charge in [-0.1, -0.05) is 30.3 Å². The number of benzene rings is 2. The molecule has 31 heavy (non-hydrogen) atoms. The molecule has 1 heterocycles. The molecule has 2 amide bonds. The smallest absolute Gasteiger partial charge is 0.251 e. The Labute approximate surface area is 182 Å². The minimum Gasteiger partial charge on any atom is -0.493 e. The van der Waals surface area contributed by atoms with Crippen molar-refractivity contribution in [2.75, 3.05) is 34.4 Å². The fourth-order valence-electron chi connectivity index (χ4n) is 3.56. The highest BCUT2D eigenvalue weighted by Gasteiger charge is 2.24. The van der Waals surface area contributed by atoms with E-state index in [2.05, 4.69) is 5.32 Å². The number of hydrogen-bond donors (Lipinski definition) is 1. The number of piperidine rings is 1. The van der Waals surface area contributed by atoms with Crippen LogP contribution in [0.15, 0.2) is 48.5 Å². The van der Waals surface area contributed by atoms with Crippen LogP contribution in [0.3, 0.4) is 0 Å². The predicted molar refractivity (Wildman–Crippen MR) is 119 cm³/mol. The number of nitrogens with one attached hydrogen (secondary N) is 1. The summed E-state index contributed by atoms with van der Waals surface area (Å²) in [5.41, 5.74) is 1.42. The fraction of sp³-hybridized carbons (Fsp3) is 0.333. The Kier molecular flexibility index (Phi) is 7.54. The molecule has 0 bridgehead atoms. The molecule has 1 aliphatic rings. The van der Waals surface area contributed by atoms with Crippen LogP contribution < -0.4 is 19.5 Å². The molecule has 0 unspecified atom stereocenters. The minimum atomic E-state index is -0.215. The van der Waals surface area contributed by atoms with Crippen LogP contribution in [-0.4, -0.2) is 57.2 Å². The molecule has 7 nitrogen and oxygen atoms in total. The molecule has 1 aliphatic heterocycles. The largest absolute Gasteiger partial charge is 0.493 e. The molecule has 1 N–H and O–H groups in total. The summed E-state index contributed by atoms with van der Waals surface area (Å²) in [7, 11) is 4.54. The third-order valence-corrected chi connectivity index (χ3v) is 5.29. The highest BCUT2D eigenvalue weighted by Crippen LogP contribution is 2.38. The van der Waals surface area contributed by atoms with Gasteiger partial charge in [0.1, 0.15) is 0 Å². The van der Waals surface area contributed by atoms with Gasteiger partial charge in [0.25, 0.3) is 5.91 Å². The Bertz CT molecular complexity index is 909. The van der Waals surface area contributed by atoms with Crippen molar-refractivity contribution in [1.82, 2.24) is 10.2 Å². The van der Waals surface area contributed by atoms with Gasteiger partial charge in [0.2, 0.25) is 11.7 Å². The first-order valence-corrected chi connectivity index (χ1v) is 10.2. The van der Waals surface area contributed by atoms with E-state index in [1.165, 1.54) is 21.3 Å². The van der Waals surface area contributed by atoms with Gasteiger partial charge in [0, 0.05) is 30.8 Å². The molecule has 1 fully saturated rings. The van der Waals surface area contributed by atoms with E-state index in [1.54, 1.807) is 18.2 Å². The van der Waals surface area contributed by atoms with E-state index in [1.807, 2.05) is 41.3 Å². The van der Waals surface area contributed by atoms with Crippen molar-refractivity contribution in [2.24, 2.45) is 0 Å². The summed E-state index contributed by atoms with van der Waals surface area (Å²) in [6, 6.07) is 13.0. The van der Waals surface area contributed by atoms with Crippen LogP contribution in [-0.2, 0) is 4.79 Å². The normalized spacial score (nSPS) is 14.4. The van der Waals surface area contributed by atoms with E-state index in [-0.39, 0.29) is 17.9 Å². The molecule has 3 rings (SSSR count). The van der Waals surface area contributed by atoms with Crippen LogP contribution in [0.5, 0.6) is 17.2 Å². The Morgan fingerprint density at radius 3 is 2.13 bits per heavy atom. The average molecular weight is 424 g/mol. The molecule has 0 atom stereocenters. The zero-order chi connectivity index (χ0) is 22.2. The summed E-state index contributed by atoms with van der Waals surface area (Å²) >= 11 is 0. The van der Waals surface area contributed by atoms with E-state index in [0.717, 1.165) is 5.56 Å². The summed E-state index contributed by atoms with van der Waals surface area (Å²) in [6.07, 6.45) is 4.81. The summed E-state index contributed by atoms with van der Waals surface area (Å²) in [5, 5.41) is 3.05. The van der Waals surface area contributed by atoms with Gasteiger partial charge in [0.05, 0.1) is 21.3 Å². The van der Waals surface area contributed by atoms with Gasteiger partial charge in [-0.05, 0) is 36.6 Å². The molecule has 0 saturated carbocycles. The van der Waals surface area contributed by atoms with Crippen molar-refractivity contribution in [3.05, 3.63) is 59.7 Å². The number of carbonyl (C=O) groups excluding carboxylic acids is 2. The lowest BCUT2D eigenvalue weighted by atomic mass is 10.0. The van der Waals surface area contributed by atoms with Crippen LogP contribution >= 0.6 is 0 Å². The van der Waals surface area contributed by atoms with Crippen molar-refractivity contribution in [3.8, 4) is 17.2 Å². The highest BCUT2D eigenvalue weighted by atomic mass is 16.5. The second-order valence-electron chi connectivity index (χ2n) is 7.23. The maximum Gasteiger partial charge on any atom is 0.251 e. The number of nitrogens with zero attached hydrogens (tertiary/aromatic N) is 1. The Hall–Kier alpha value is -3.48. The Morgan fingerprint density at radius 2 is 1.58 bits per heavy atom. The van der Waals surface area contributed by atoms with Crippen molar-refractivity contribution in [3.63, 3.8) is 0 Å². The molecule has 2 aromatic rings. The molecule has 1 saturated heterocycles. The average Bonchev–Trinajstić information content (AvgIpc) is 2.82. The molecule has 7 heteroatoms. The molecule has 0 aromatic heterocycles. The summed E-state index contributed by atoms with van der Waals surface area (Å²) < 4.78 is 15.9. The quantitative estimate of drug-likeness (QED) is 0.691. The number of amides is 2. The SMILES string of the molecule is COc1cc(C(=O)NC2CCN(C(=O)/C=C/c3ccccc3)CC2)cc(OC)c1OC. The molecule has 0 aliphatic carbocycles. The monoisotopic (exact) mass is 424 g/mol. The zero-order valence-electron chi connectivity index (χ0n) is 18.1. The first kappa shape index (κ1) is 22.2. The summed E-state index contributed by atoms with van der Waals surface area (Å²) in [4.78, 5) is 27.0. The third kappa shape index (κ3) is 5.57.